The highest BCUT2D eigenvalue weighted by molar-refractivity contribution is 7.92. The first-order valence-electron chi connectivity index (χ1n) is 10.0. The number of nitrogens with zero attached hydrogens (tertiary/aromatic N) is 4. The molecule has 0 amide bonds. The van der Waals surface area contributed by atoms with E-state index in [9.17, 15) is 17.6 Å². The maximum Gasteiger partial charge on any atom is 0.246 e. The number of hydrogen-bond donors (Lipinski definition) is 2. The number of carbonyl (C=O) groups excluding carboxylic acids is 1. The van der Waals surface area contributed by atoms with Gasteiger partial charge in [0, 0.05) is 32.0 Å². The number of benzene rings is 1. The number of carbonyl (C=O) groups is 1. The van der Waals surface area contributed by atoms with Crippen LogP contribution >= 0.6 is 0 Å². The quantitative estimate of drug-likeness (QED) is 0.542. The third kappa shape index (κ3) is 4.15. The van der Waals surface area contributed by atoms with Gasteiger partial charge in [-0.3, -0.25) is 9.52 Å². The molecule has 0 aliphatic carbocycles. The maximum absolute atomic E-state index is 14.2. The van der Waals surface area contributed by atoms with Crippen LogP contribution in [0.3, 0.4) is 0 Å². The van der Waals surface area contributed by atoms with E-state index in [0.29, 0.717) is 48.5 Å². The molecule has 1 aliphatic heterocycles. The van der Waals surface area contributed by atoms with Gasteiger partial charge in [0.15, 0.2) is 22.5 Å². The molecule has 12 heteroatoms. The summed E-state index contributed by atoms with van der Waals surface area (Å²) in [7, 11) is -1.89. The van der Waals surface area contributed by atoms with Gasteiger partial charge < -0.3 is 14.6 Å². The van der Waals surface area contributed by atoms with Crippen LogP contribution in [0.5, 0.6) is 5.88 Å². The molecule has 0 saturated carbocycles. The van der Waals surface area contributed by atoms with Gasteiger partial charge in [-0.25, -0.2) is 22.8 Å². The number of rotatable bonds is 7. The highest BCUT2D eigenvalue weighted by atomic mass is 32.2. The van der Waals surface area contributed by atoms with Gasteiger partial charge in [0.25, 0.3) is 0 Å². The normalized spacial score (nSPS) is 18.8. The molecule has 170 valence electrons. The lowest BCUT2D eigenvalue weighted by Crippen LogP contribution is -2.46. The van der Waals surface area contributed by atoms with Crippen LogP contribution in [-0.2, 0) is 21.9 Å². The van der Waals surface area contributed by atoms with Gasteiger partial charge in [-0.1, -0.05) is 6.92 Å². The zero-order chi connectivity index (χ0) is 23.1. The van der Waals surface area contributed by atoms with Gasteiger partial charge in [0.05, 0.1) is 11.9 Å². The first-order valence-corrected chi connectivity index (χ1v) is 11.9. The molecule has 0 bridgehead atoms. The number of sulfonamides is 1. The number of hydrogen-bond acceptors (Lipinski definition) is 8. The van der Waals surface area contributed by atoms with Gasteiger partial charge in [-0.05, 0) is 24.7 Å². The number of ketones is 1. The molecule has 1 atom stereocenters. The summed E-state index contributed by atoms with van der Waals surface area (Å²) in [5, 5.41) is 3.16. The van der Waals surface area contributed by atoms with Crippen LogP contribution in [0.4, 0.5) is 10.1 Å². The van der Waals surface area contributed by atoms with E-state index in [2.05, 4.69) is 25.0 Å². The van der Waals surface area contributed by atoms with Crippen molar-refractivity contribution < 1.29 is 22.3 Å². The fourth-order valence-corrected chi connectivity index (χ4v) is 4.41. The number of fused-ring (bicyclic) bond motifs is 1. The van der Waals surface area contributed by atoms with Crippen molar-refractivity contribution in [2.75, 3.05) is 24.1 Å². The molecule has 0 radical (unpaired) electrons. The predicted octanol–water partition coefficient (Wildman–Crippen LogP) is 1.63. The molecule has 32 heavy (non-hydrogen) atoms. The Bertz CT molecular complexity index is 1300. The average Bonchev–Trinajstić information content (AvgIpc) is 3.32. The highest BCUT2D eigenvalue weighted by Crippen LogP contribution is 2.32. The van der Waals surface area contributed by atoms with E-state index in [-0.39, 0.29) is 17.4 Å². The first-order chi connectivity index (χ1) is 15.1. The van der Waals surface area contributed by atoms with Gasteiger partial charge in [-0.15, -0.1) is 0 Å². The number of nitrogens with one attached hydrogen (secondary N) is 2. The van der Waals surface area contributed by atoms with Crippen molar-refractivity contribution >= 4 is 32.7 Å². The minimum absolute atomic E-state index is 0.0351. The van der Waals surface area contributed by atoms with E-state index in [1.165, 1.54) is 18.5 Å². The van der Waals surface area contributed by atoms with E-state index in [1.807, 2.05) is 0 Å². The SMILES string of the molecule is CCC(=O)[C@]1(Oc2ncnc3c2nc(-c2cc(F)cc(NS(C)(=O)=O)c2)n3C)CCNC1. The molecule has 2 N–H and O–H groups in total. The van der Waals surface area contributed by atoms with E-state index >= 15 is 0 Å². The minimum atomic E-state index is -3.59. The van der Waals surface area contributed by atoms with Crippen molar-refractivity contribution in [3.8, 4) is 17.3 Å². The standard InChI is InChI=1S/C20H23FN6O4S/c1-4-15(28)20(5-6-22-10-20)31-19-16-18(23-11-24-19)27(2)17(25-16)12-7-13(21)9-14(8-12)26-32(3,29)30/h7-9,11,22,26H,4-6,10H2,1-3H3/t20-/m0/s1. The summed E-state index contributed by atoms with van der Waals surface area (Å²) in [4.78, 5) is 25.7. The van der Waals surface area contributed by atoms with Crippen LogP contribution in [0.1, 0.15) is 19.8 Å². The Kier molecular flexibility index (Phi) is 5.59. The Labute approximate surface area is 184 Å². The molecule has 3 aromatic rings. The van der Waals surface area contributed by atoms with E-state index in [4.69, 9.17) is 4.74 Å². The summed E-state index contributed by atoms with van der Waals surface area (Å²) in [5.74, 6) is -0.171. The molecule has 1 fully saturated rings. The summed E-state index contributed by atoms with van der Waals surface area (Å²) >= 11 is 0. The molecular formula is C20H23FN6O4S. The van der Waals surface area contributed by atoms with E-state index in [0.717, 1.165) is 12.3 Å². The third-order valence-electron chi connectivity index (χ3n) is 5.32. The molecule has 1 aromatic carbocycles. The number of aromatic nitrogens is 4. The van der Waals surface area contributed by atoms with Crippen molar-refractivity contribution in [3.05, 3.63) is 30.3 Å². The van der Waals surface area contributed by atoms with Gasteiger partial charge in [-0.2, -0.15) is 4.98 Å². The Morgan fingerprint density at radius 1 is 1.34 bits per heavy atom. The summed E-state index contributed by atoms with van der Waals surface area (Å²) in [5.41, 5.74) is 0.129. The second-order valence-corrected chi connectivity index (χ2v) is 9.50. The Morgan fingerprint density at radius 3 is 2.78 bits per heavy atom. The number of imidazole rings is 1. The van der Waals surface area contributed by atoms with Crippen LogP contribution in [-0.4, -0.2) is 58.7 Å². The van der Waals surface area contributed by atoms with Crippen molar-refractivity contribution in [1.82, 2.24) is 24.8 Å². The summed E-state index contributed by atoms with van der Waals surface area (Å²) in [6.07, 6.45) is 3.13. The van der Waals surface area contributed by atoms with Crippen molar-refractivity contribution in [3.63, 3.8) is 0 Å². The smallest absolute Gasteiger partial charge is 0.246 e. The van der Waals surface area contributed by atoms with Crippen LogP contribution < -0.4 is 14.8 Å². The molecule has 1 aliphatic rings. The lowest BCUT2D eigenvalue weighted by molar-refractivity contribution is -0.132. The molecule has 0 spiro atoms. The lowest BCUT2D eigenvalue weighted by atomic mass is 9.95. The lowest BCUT2D eigenvalue weighted by Gasteiger charge is -2.26. The summed E-state index contributed by atoms with van der Waals surface area (Å²) < 4.78 is 47.4. The first kappa shape index (κ1) is 22.1. The molecule has 4 rings (SSSR count). The highest BCUT2D eigenvalue weighted by Gasteiger charge is 2.43. The number of anilines is 1. The number of halogens is 1. The molecule has 3 heterocycles. The zero-order valence-electron chi connectivity index (χ0n) is 17.8. The number of aryl methyl sites for hydroxylation is 1. The number of Topliss-reactive ketones (excluding diaryl/α,β-unsaturated/α-hetero) is 1. The summed E-state index contributed by atoms with van der Waals surface area (Å²) in [6.45, 7) is 2.80. The van der Waals surface area contributed by atoms with E-state index in [1.54, 1.807) is 18.5 Å². The molecular weight excluding hydrogens is 439 g/mol. The molecule has 1 saturated heterocycles. The van der Waals surface area contributed by atoms with Crippen LogP contribution in [0.25, 0.3) is 22.6 Å². The largest absolute Gasteiger partial charge is 0.460 e. The van der Waals surface area contributed by atoms with Crippen LogP contribution in [0, 0.1) is 5.82 Å². The molecule has 0 unspecified atom stereocenters. The Morgan fingerprint density at radius 2 is 2.12 bits per heavy atom. The topological polar surface area (TPSA) is 128 Å². The van der Waals surface area contributed by atoms with Crippen LogP contribution in [0.15, 0.2) is 24.5 Å². The zero-order valence-corrected chi connectivity index (χ0v) is 18.7. The number of ether oxygens (including phenoxy) is 1. The van der Waals surface area contributed by atoms with Crippen molar-refractivity contribution in [2.45, 2.75) is 25.4 Å². The minimum Gasteiger partial charge on any atom is -0.460 e. The average molecular weight is 463 g/mol. The predicted molar refractivity (Wildman–Crippen MR) is 116 cm³/mol. The Balaban J connectivity index is 1.80. The van der Waals surface area contributed by atoms with Gasteiger partial charge in [0.2, 0.25) is 15.9 Å². The van der Waals surface area contributed by atoms with E-state index < -0.39 is 21.4 Å². The molecule has 2 aromatic heterocycles. The Hall–Kier alpha value is -3.12. The fraction of sp³-hybridized carbons (Fsp3) is 0.400. The maximum atomic E-state index is 14.2. The summed E-state index contributed by atoms with van der Waals surface area (Å²) in [6, 6.07) is 3.79. The molecule has 10 nitrogen and oxygen atoms in total. The monoisotopic (exact) mass is 462 g/mol. The second-order valence-electron chi connectivity index (χ2n) is 7.75. The van der Waals surface area contributed by atoms with Gasteiger partial charge in [0.1, 0.15) is 18.0 Å². The van der Waals surface area contributed by atoms with Crippen molar-refractivity contribution in [1.29, 1.82) is 0 Å². The third-order valence-corrected chi connectivity index (χ3v) is 5.93. The fourth-order valence-electron chi connectivity index (χ4n) is 3.86. The van der Waals surface area contributed by atoms with Crippen LogP contribution in [0.2, 0.25) is 0 Å². The van der Waals surface area contributed by atoms with Crippen molar-refractivity contribution in [2.24, 2.45) is 7.05 Å². The second kappa shape index (κ2) is 8.10. The van der Waals surface area contributed by atoms with Gasteiger partial charge >= 0.3 is 0 Å².